The molecule has 2 nitrogen and oxygen atoms in total. The van der Waals surface area contributed by atoms with Crippen LogP contribution >= 0.6 is 0 Å². The van der Waals surface area contributed by atoms with Crippen molar-refractivity contribution in [3.8, 4) is 16.8 Å². The molecule has 266 valence electrons. The van der Waals surface area contributed by atoms with E-state index in [1.54, 1.807) is 0 Å². The third-order valence-electron chi connectivity index (χ3n) is 9.73. The van der Waals surface area contributed by atoms with Gasteiger partial charge in [0.05, 0.1) is 0 Å². The molecule has 0 saturated heterocycles. The minimum atomic E-state index is -0.0702. The Bertz CT molecular complexity index is 2440. The highest BCUT2D eigenvalue weighted by Crippen LogP contribution is 2.23. The van der Waals surface area contributed by atoms with Gasteiger partial charge in [0.25, 0.3) is 0 Å². The molecule has 0 radical (unpaired) electrons. The van der Waals surface area contributed by atoms with Crippen molar-refractivity contribution < 1.29 is 0 Å². The molecule has 0 aliphatic heterocycles. The van der Waals surface area contributed by atoms with Gasteiger partial charge < -0.3 is 9.13 Å². The average molecular weight is 685 g/mol. The highest BCUT2D eigenvalue weighted by atomic mass is 15.0. The number of rotatable bonds is 2. The van der Waals surface area contributed by atoms with Gasteiger partial charge in [0.15, 0.2) is 0 Å². The highest BCUT2D eigenvalue weighted by molar-refractivity contribution is 5.99. The fourth-order valence-electron chi connectivity index (χ4n) is 6.85. The number of fused-ring (bicyclic) bond motifs is 2. The van der Waals surface area contributed by atoms with E-state index in [-0.39, 0.29) is 11.0 Å². The van der Waals surface area contributed by atoms with Crippen LogP contribution in [0.2, 0.25) is 0 Å². The average Bonchev–Trinajstić information content (AvgIpc) is 3.48. The monoisotopic (exact) mass is 684 g/mol. The minimum Gasteiger partial charge on any atom is -0.336 e. The Morgan fingerprint density at radius 1 is 0.423 bits per heavy atom. The Labute approximate surface area is 311 Å². The summed E-state index contributed by atoms with van der Waals surface area (Å²) in [6, 6.07) is 38.8. The van der Waals surface area contributed by atoms with Crippen molar-refractivity contribution >= 4 is 47.9 Å². The quantitative estimate of drug-likeness (QED) is 0.172. The Kier molecular flexibility index (Phi) is 10.7. The van der Waals surface area contributed by atoms with Crippen molar-refractivity contribution in [2.24, 2.45) is 0 Å². The summed E-state index contributed by atoms with van der Waals surface area (Å²) in [4.78, 5) is 0. The highest BCUT2D eigenvalue weighted by Gasteiger charge is 2.18. The maximum absolute atomic E-state index is 4.37. The smallest absolute Gasteiger partial charge is 0.0469 e. The number of benzene rings is 5. The molecule has 0 aliphatic rings. The van der Waals surface area contributed by atoms with E-state index in [1.807, 2.05) is 0 Å². The molecule has 2 heterocycles. The second kappa shape index (κ2) is 14.7. The van der Waals surface area contributed by atoms with Gasteiger partial charge in [-0.25, -0.2) is 0 Å². The van der Waals surface area contributed by atoms with Crippen LogP contribution < -0.4 is 21.4 Å². The molecule has 2 aromatic heterocycles. The van der Waals surface area contributed by atoms with E-state index >= 15 is 0 Å². The van der Waals surface area contributed by atoms with Crippen LogP contribution in [0.1, 0.15) is 69.4 Å². The van der Waals surface area contributed by atoms with Crippen LogP contribution in [0.25, 0.3) is 64.7 Å². The van der Waals surface area contributed by atoms with Crippen LogP contribution in [-0.4, -0.2) is 9.13 Å². The zero-order valence-corrected chi connectivity index (χ0v) is 33.1. The van der Waals surface area contributed by atoms with Crippen molar-refractivity contribution in [2.75, 3.05) is 0 Å². The SMILES string of the molecule is C=c1c2cc3c(=C)n(C(C)(C)C)c(=C)c3cc2c(=C)n1-c1cccc(C)c1.Cc1ccc(-c2ccc(C)cc2)cc1.Cc1cccc(C(C)(C)C)c1. The Hall–Kier alpha value is -5.34. The summed E-state index contributed by atoms with van der Waals surface area (Å²) < 4.78 is 4.36. The Morgan fingerprint density at radius 3 is 1.19 bits per heavy atom. The molecule has 7 aromatic rings. The summed E-state index contributed by atoms with van der Waals surface area (Å²) in [6.07, 6.45) is 0. The lowest BCUT2D eigenvalue weighted by molar-refractivity contribution is 0.383. The van der Waals surface area contributed by atoms with E-state index in [9.17, 15) is 0 Å². The van der Waals surface area contributed by atoms with E-state index < -0.39 is 0 Å². The molecule has 0 bridgehead atoms. The zero-order valence-electron chi connectivity index (χ0n) is 33.1. The molecule has 7 rings (SSSR count). The van der Waals surface area contributed by atoms with Gasteiger partial charge in [0, 0.05) is 54.2 Å². The van der Waals surface area contributed by atoms with Crippen molar-refractivity contribution in [2.45, 2.75) is 80.2 Å². The fourth-order valence-corrected chi connectivity index (χ4v) is 6.85. The number of nitrogens with zero attached hydrogens (tertiary/aromatic N) is 2. The van der Waals surface area contributed by atoms with Gasteiger partial charge in [0.1, 0.15) is 0 Å². The van der Waals surface area contributed by atoms with Gasteiger partial charge in [0.2, 0.25) is 0 Å². The molecule has 0 N–H and O–H groups in total. The van der Waals surface area contributed by atoms with E-state index in [4.69, 9.17) is 0 Å². The molecule has 0 spiro atoms. The predicted molar refractivity (Wildman–Crippen MR) is 230 cm³/mol. The lowest BCUT2D eigenvalue weighted by atomic mass is 9.86. The van der Waals surface area contributed by atoms with Crippen molar-refractivity contribution in [3.63, 3.8) is 0 Å². The minimum absolute atomic E-state index is 0.0702. The van der Waals surface area contributed by atoms with Gasteiger partial charge in [-0.2, -0.15) is 0 Å². The molecule has 0 amide bonds. The van der Waals surface area contributed by atoms with Crippen LogP contribution in [0, 0.1) is 27.7 Å². The van der Waals surface area contributed by atoms with E-state index in [1.165, 1.54) is 38.9 Å². The summed E-state index contributed by atoms with van der Waals surface area (Å²) in [6.45, 7) is 39.2. The topological polar surface area (TPSA) is 9.86 Å². The first kappa shape index (κ1) is 37.9. The maximum Gasteiger partial charge on any atom is 0.0469 e. The number of aryl methyl sites for hydroxylation is 4. The van der Waals surface area contributed by atoms with E-state index in [0.717, 1.165) is 48.6 Å². The predicted octanol–water partition coefficient (Wildman–Crippen LogP) is 10.6. The van der Waals surface area contributed by atoms with Crippen molar-refractivity contribution in [1.29, 1.82) is 0 Å². The van der Waals surface area contributed by atoms with Crippen LogP contribution in [0.4, 0.5) is 0 Å². The summed E-state index contributed by atoms with van der Waals surface area (Å²) in [7, 11) is 0. The maximum atomic E-state index is 4.37. The van der Waals surface area contributed by atoms with Gasteiger partial charge >= 0.3 is 0 Å². The largest absolute Gasteiger partial charge is 0.336 e. The van der Waals surface area contributed by atoms with Gasteiger partial charge in [-0.3, -0.25) is 0 Å². The lowest BCUT2D eigenvalue weighted by Crippen LogP contribution is -2.38. The number of hydrogen-bond acceptors (Lipinski definition) is 0. The zero-order chi connectivity index (χ0) is 38.1. The second-order valence-electron chi connectivity index (χ2n) is 16.3. The first-order chi connectivity index (χ1) is 24.4. The third kappa shape index (κ3) is 8.08. The summed E-state index contributed by atoms with van der Waals surface area (Å²) in [5.41, 5.74) is 10.5. The second-order valence-corrected chi connectivity index (χ2v) is 16.3. The van der Waals surface area contributed by atoms with Gasteiger partial charge in [-0.05, 0) is 100 Å². The fraction of sp³-hybridized carbons (Fsp3) is 0.240. The van der Waals surface area contributed by atoms with Gasteiger partial charge in [-0.15, -0.1) is 0 Å². The molecular weight excluding hydrogens is 629 g/mol. The Morgan fingerprint density at radius 2 is 0.827 bits per heavy atom. The standard InChI is InChI=1S/C25H26N2.C14H14.C11H16/c1-15-10-9-11-20(12-15)26-16(2)21-13-23-18(4)27(25(6,7)8)19(5)24(23)14-22(21)17(26)3;1-11-3-7-13(8-4-11)14-9-5-12(2)6-10-14;1-9-6-5-7-10(8-9)11(2,3)4/h9-14H,2-5H2,1,6-8H3;3-10H,1-2H3;5-8H,1-4H3. The molecule has 0 aliphatic carbocycles. The molecule has 2 heteroatoms. The molecule has 0 saturated carbocycles. The number of hydrogen-bond donors (Lipinski definition) is 0. The van der Waals surface area contributed by atoms with E-state index in [2.05, 4.69) is 214 Å². The van der Waals surface area contributed by atoms with Crippen LogP contribution in [0.15, 0.2) is 109 Å². The third-order valence-corrected chi connectivity index (χ3v) is 9.73. The first-order valence-corrected chi connectivity index (χ1v) is 18.2. The van der Waals surface area contributed by atoms with Crippen molar-refractivity contribution in [1.82, 2.24) is 9.13 Å². The summed E-state index contributed by atoms with van der Waals surface area (Å²) in [5.74, 6) is 0. The number of aromatic nitrogens is 2. The molecule has 0 fully saturated rings. The van der Waals surface area contributed by atoms with Crippen molar-refractivity contribution in [3.05, 3.63) is 158 Å². The van der Waals surface area contributed by atoms with Gasteiger partial charge in [-0.1, -0.05) is 149 Å². The first-order valence-electron chi connectivity index (χ1n) is 18.2. The molecule has 0 unspecified atom stereocenters. The van der Waals surface area contributed by atoms with Crippen LogP contribution in [0.5, 0.6) is 0 Å². The molecular formula is C50H56N2. The molecule has 0 atom stereocenters. The summed E-state index contributed by atoms with van der Waals surface area (Å²) >= 11 is 0. The summed E-state index contributed by atoms with van der Waals surface area (Å²) in [5, 5.41) is 8.40. The Balaban J connectivity index is 0.000000174. The normalized spacial score (nSPS) is 11.6. The lowest BCUT2D eigenvalue weighted by Gasteiger charge is -2.22. The van der Waals surface area contributed by atoms with E-state index in [0.29, 0.717) is 0 Å². The molecule has 5 aromatic carbocycles. The van der Waals surface area contributed by atoms with Crippen LogP contribution in [-0.2, 0) is 11.0 Å². The molecule has 52 heavy (non-hydrogen) atoms. The van der Waals surface area contributed by atoms with Crippen LogP contribution in [0.3, 0.4) is 0 Å².